The molecule has 0 radical (unpaired) electrons. The number of carbonyl (C=O) groups excluding carboxylic acids is 1. The summed E-state index contributed by atoms with van der Waals surface area (Å²) in [4.78, 5) is 11.6. The minimum Gasteiger partial charge on any atom is -0.480 e. The van der Waals surface area contributed by atoms with E-state index in [1.165, 1.54) is 6.92 Å². The summed E-state index contributed by atoms with van der Waals surface area (Å²) in [5, 5.41) is 9.92. The Balaban J connectivity index is 1.73. The number of ether oxygens (including phenoxy) is 4. The molecule has 2 aliphatic carbocycles. The number of hydrogen-bond donors (Lipinski definition) is 1. The molecule has 1 saturated carbocycles. The number of fused-ring (bicyclic) bond motifs is 1. The fraction of sp³-hybridized carbons (Fsp3) is 0.550. The second kappa shape index (κ2) is 5.55. The molecule has 0 bridgehead atoms. The third-order valence-electron chi connectivity index (χ3n) is 6.25. The van der Waals surface area contributed by atoms with Crippen molar-refractivity contribution >= 4 is 12.0 Å². The largest absolute Gasteiger partial charge is 0.480 e. The standard InChI is InChI=1S/C20H22O6/c1-12(22)25-15-5-3-13-2-4-14-6-7-20(23-10-11-24-20)18-19(14,8-9-21)16(13)17(15)26-18/h2-5,14,18,21H,6-11H2,1H3/t14?,18-,19+/m1/s1. The molecular formula is C20H22O6. The van der Waals surface area contributed by atoms with E-state index in [-0.39, 0.29) is 24.6 Å². The molecule has 2 aliphatic heterocycles. The zero-order chi connectivity index (χ0) is 17.9. The van der Waals surface area contributed by atoms with Gasteiger partial charge in [0.05, 0.1) is 18.6 Å². The Labute approximate surface area is 151 Å². The Hall–Kier alpha value is -1.89. The first kappa shape index (κ1) is 16.3. The third kappa shape index (κ3) is 1.95. The summed E-state index contributed by atoms with van der Waals surface area (Å²) >= 11 is 0. The summed E-state index contributed by atoms with van der Waals surface area (Å²) in [5.74, 6) is 0.0398. The van der Waals surface area contributed by atoms with Crippen LogP contribution in [0.2, 0.25) is 0 Å². The molecule has 26 heavy (non-hydrogen) atoms. The van der Waals surface area contributed by atoms with Crippen LogP contribution in [0.1, 0.15) is 37.3 Å². The van der Waals surface area contributed by atoms with Crippen molar-refractivity contribution in [1.29, 1.82) is 0 Å². The minimum atomic E-state index is -0.805. The monoisotopic (exact) mass is 358 g/mol. The molecule has 5 rings (SSSR count). The van der Waals surface area contributed by atoms with E-state index >= 15 is 0 Å². The molecule has 138 valence electrons. The van der Waals surface area contributed by atoms with Crippen LogP contribution in [0.4, 0.5) is 0 Å². The number of allylic oxidation sites excluding steroid dienone is 1. The SMILES string of the molecule is CC(=O)Oc1ccc2c3c1O[C@H]1C4(CCC(C=C2)[C@@]31CCO)OCCO4. The van der Waals surface area contributed by atoms with Gasteiger partial charge in [0.1, 0.15) is 0 Å². The van der Waals surface area contributed by atoms with Gasteiger partial charge in [-0.05, 0) is 30.4 Å². The quantitative estimate of drug-likeness (QED) is 0.659. The van der Waals surface area contributed by atoms with Crippen LogP contribution in [0.5, 0.6) is 11.5 Å². The van der Waals surface area contributed by atoms with Crippen molar-refractivity contribution in [3.63, 3.8) is 0 Å². The predicted octanol–water partition coefficient (Wildman–Crippen LogP) is 2.17. The summed E-state index contributed by atoms with van der Waals surface area (Å²) in [5.41, 5.74) is 1.62. The molecule has 6 nitrogen and oxygen atoms in total. The maximum atomic E-state index is 11.6. The summed E-state index contributed by atoms with van der Waals surface area (Å²) in [6.45, 7) is 2.49. The van der Waals surface area contributed by atoms with Crippen molar-refractivity contribution in [3.05, 3.63) is 29.3 Å². The Bertz CT molecular complexity index is 794. The topological polar surface area (TPSA) is 74.2 Å². The highest BCUT2D eigenvalue weighted by atomic mass is 16.8. The number of esters is 1. The van der Waals surface area contributed by atoms with Gasteiger partial charge in [0.2, 0.25) is 5.79 Å². The summed E-state index contributed by atoms with van der Waals surface area (Å²) < 4.78 is 24.0. The van der Waals surface area contributed by atoms with Crippen LogP contribution in [0, 0.1) is 5.92 Å². The lowest BCUT2D eigenvalue weighted by molar-refractivity contribution is -0.249. The number of aliphatic hydroxyl groups is 1. The van der Waals surface area contributed by atoms with Crippen LogP contribution in [0.15, 0.2) is 18.2 Å². The first-order valence-electron chi connectivity index (χ1n) is 9.20. The highest BCUT2D eigenvalue weighted by molar-refractivity contribution is 5.75. The lowest BCUT2D eigenvalue weighted by atomic mass is 9.56. The van der Waals surface area contributed by atoms with Gasteiger partial charge in [-0.1, -0.05) is 18.2 Å². The lowest BCUT2D eigenvalue weighted by Crippen LogP contribution is -2.62. The van der Waals surface area contributed by atoms with Crippen LogP contribution in [-0.2, 0) is 19.7 Å². The molecule has 0 amide bonds. The third-order valence-corrected chi connectivity index (χ3v) is 6.25. The molecule has 2 heterocycles. The lowest BCUT2D eigenvalue weighted by Gasteiger charge is -2.51. The molecule has 1 spiro atoms. The fourth-order valence-corrected chi connectivity index (χ4v) is 5.39. The second-order valence-corrected chi connectivity index (χ2v) is 7.48. The molecule has 1 saturated heterocycles. The first-order valence-corrected chi connectivity index (χ1v) is 9.20. The van der Waals surface area contributed by atoms with Gasteiger partial charge >= 0.3 is 5.97 Å². The molecule has 2 fully saturated rings. The molecule has 1 unspecified atom stereocenters. The van der Waals surface area contributed by atoms with Crippen molar-refractivity contribution in [2.24, 2.45) is 5.92 Å². The summed E-state index contributed by atoms with van der Waals surface area (Å²) in [6, 6.07) is 3.72. The Kier molecular flexibility index (Phi) is 3.48. The molecular weight excluding hydrogens is 336 g/mol. The molecule has 3 atom stereocenters. The van der Waals surface area contributed by atoms with Gasteiger partial charge in [-0.15, -0.1) is 0 Å². The second-order valence-electron chi connectivity index (χ2n) is 7.48. The molecule has 1 N–H and O–H groups in total. The van der Waals surface area contributed by atoms with Crippen molar-refractivity contribution in [2.75, 3.05) is 19.8 Å². The van der Waals surface area contributed by atoms with Crippen molar-refractivity contribution in [1.82, 2.24) is 0 Å². The van der Waals surface area contributed by atoms with Gasteiger partial charge in [-0.3, -0.25) is 4.79 Å². The molecule has 0 aromatic heterocycles. The van der Waals surface area contributed by atoms with E-state index in [9.17, 15) is 9.90 Å². The van der Waals surface area contributed by atoms with Gasteiger partial charge < -0.3 is 24.1 Å². The summed E-state index contributed by atoms with van der Waals surface area (Å²) in [6.07, 6.45) is 6.14. The average molecular weight is 358 g/mol. The van der Waals surface area contributed by atoms with Gasteiger partial charge in [-0.25, -0.2) is 0 Å². The molecule has 6 heteroatoms. The van der Waals surface area contributed by atoms with Gasteiger partial charge in [0.25, 0.3) is 0 Å². The van der Waals surface area contributed by atoms with Crippen LogP contribution in [-0.4, -0.2) is 42.8 Å². The maximum absolute atomic E-state index is 11.6. The zero-order valence-electron chi connectivity index (χ0n) is 14.7. The number of carbonyl (C=O) groups is 1. The smallest absolute Gasteiger partial charge is 0.308 e. The number of rotatable bonds is 3. The van der Waals surface area contributed by atoms with E-state index in [1.54, 1.807) is 6.07 Å². The van der Waals surface area contributed by atoms with E-state index in [1.807, 2.05) is 6.07 Å². The van der Waals surface area contributed by atoms with E-state index in [0.717, 1.165) is 24.0 Å². The zero-order valence-corrected chi connectivity index (χ0v) is 14.7. The summed E-state index contributed by atoms with van der Waals surface area (Å²) in [7, 11) is 0. The maximum Gasteiger partial charge on any atom is 0.308 e. The first-order chi connectivity index (χ1) is 12.6. The van der Waals surface area contributed by atoms with Crippen molar-refractivity contribution in [2.45, 2.75) is 43.5 Å². The molecule has 4 aliphatic rings. The average Bonchev–Trinajstić information content (AvgIpc) is 3.21. The van der Waals surface area contributed by atoms with Crippen LogP contribution >= 0.6 is 0 Å². The van der Waals surface area contributed by atoms with Gasteiger partial charge in [-0.2, -0.15) is 0 Å². The van der Waals surface area contributed by atoms with E-state index < -0.39 is 11.2 Å². The van der Waals surface area contributed by atoms with Gasteiger partial charge in [0, 0.05) is 25.5 Å². The van der Waals surface area contributed by atoms with Crippen molar-refractivity contribution in [3.8, 4) is 11.5 Å². The van der Waals surface area contributed by atoms with E-state index in [4.69, 9.17) is 18.9 Å². The van der Waals surface area contributed by atoms with E-state index in [0.29, 0.717) is 31.1 Å². The van der Waals surface area contributed by atoms with Gasteiger partial charge in [0.15, 0.2) is 17.6 Å². The predicted molar refractivity (Wildman–Crippen MR) is 91.9 cm³/mol. The normalized spacial score (nSPS) is 32.4. The number of hydrogen-bond acceptors (Lipinski definition) is 6. The molecule has 1 aromatic carbocycles. The Morgan fingerprint density at radius 2 is 2.15 bits per heavy atom. The van der Waals surface area contributed by atoms with Crippen LogP contribution < -0.4 is 9.47 Å². The number of aliphatic hydroxyl groups excluding tert-OH is 1. The van der Waals surface area contributed by atoms with Crippen LogP contribution in [0.25, 0.3) is 6.08 Å². The fourth-order valence-electron chi connectivity index (χ4n) is 5.39. The van der Waals surface area contributed by atoms with Crippen molar-refractivity contribution < 1.29 is 28.8 Å². The Morgan fingerprint density at radius 3 is 2.88 bits per heavy atom. The molecule has 1 aromatic rings. The number of benzene rings is 1. The Morgan fingerprint density at radius 1 is 1.35 bits per heavy atom. The highest BCUT2D eigenvalue weighted by Crippen LogP contribution is 2.64. The highest BCUT2D eigenvalue weighted by Gasteiger charge is 2.67. The van der Waals surface area contributed by atoms with E-state index in [2.05, 4.69) is 12.2 Å². The minimum absolute atomic E-state index is 0.0386. The van der Waals surface area contributed by atoms with Crippen LogP contribution in [0.3, 0.4) is 0 Å².